The molecule has 2 heterocycles. The van der Waals surface area contributed by atoms with Gasteiger partial charge in [-0.15, -0.1) is 0 Å². The van der Waals surface area contributed by atoms with Gasteiger partial charge < -0.3 is 9.42 Å². The van der Waals surface area contributed by atoms with E-state index in [0.717, 1.165) is 37.8 Å². The van der Waals surface area contributed by atoms with Gasteiger partial charge in [0.15, 0.2) is 0 Å². The highest BCUT2D eigenvalue weighted by Crippen LogP contribution is 2.28. The van der Waals surface area contributed by atoms with E-state index in [1.54, 1.807) is 0 Å². The minimum Gasteiger partial charge on any atom is -0.342 e. The van der Waals surface area contributed by atoms with E-state index in [0.29, 0.717) is 29.7 Å². The van der Waals surface area contributed by atoms with Gasteiger partial charge in [0.05, 0.1) is 5.92 Å². The van der Waals surface area contributed by atoms with Crippen LogP contribution in [0.4, 0.5) is 0 Å². The standard InChI is InChI=1S/C18H22ClN3O2/c1-2-3-6-16(23)22-11-4-5-14(12-22)18-20-17(21-24-18)13-7-9-15(19)10-8-13/h7-10,14H,2-6,11-12H2,1H3. The molecule has 2 aromatic rings. The first-order valence-corrected chi connectivity index (χ1v) is 8.92. The summed E-state index contributed by atoms with van der Waals surface area (Å²) >= 11 is 5.91. The third-order valence-electron chi connectivity index (χ3n) is 4.41. The number of hydrogen-bond donors (Lipinski definition) is 0. The van der Waals surface area contributed by atoms with Crippen LogP contribution in [0.5, 0.6) is 0 Å². The second kappa shape index (κ2) is 7.79. The van der Waals surface area contributed by atoms with Crippen LogP contribution in [0.15, 0.2) is 28.8 Å². The molecule has 0 aliphatic carbocycles. The lowest BCUT2D eigenvalue weighted by atomic mass is 9.97. The van der Waals surface area contributed by atoms with Gasteiger partial charge in [-0.1, -0.05) is 30.1 Å². The van der Waals surface area contributed by atoms with E-state index in [9.17, 15) is 4.79 Å². The van der Waals surface area contributed by atoms with Gasteiger partial charge in [0.25, 0.3) is 0 Å². The summed E-state index contributed by atoms with van der Waals surface area (Å²) in [6.45, 7) is 3.60. The van der Waals surface area contributed by atoms with Crippen LogP contribution in [0, 0.1) is 0 Å². The molecule has 0 N–H and O–H groups in total. The zero-order chi connectivity index (χ0) is 16.9. The smallest absolute Gasteiger partial charge is 0.231 e. The number of carbonyl (C=O) groups excluding carboxylic acids is 1. The minimum atomic E-state index is 0.123. The number of likely N-dealkylation sites (tertiary alicyclic amines) is 1. The molecule has 0 bridgehead atoms. The molecule has 128 valence electrons. The largest absolute Gasteiger partial charge is 0.342 e. The van der Waals surface area contributed by atoms with Gasteiger partial charge in [0.2, 0.25) is 17.6 Å². The molecule has 1 amide bonds. The van der Waals surface area contributed by atoms with Crippen molar-refractivity contribution in [3.05, 3.63) is 35.2 Å². The van der Waals surface area contributed by atoms with E-state index in [1.165, 1.54) is 0 Å². The maximum Gasteiger partial charge on any atom is 0.231 e. The monoisotopic (exact) mass is 347 g/mol. The Labute approximate surface area is 147 Å². The third kappa shape index (κ3) is 3.96. The molecular formula is C18H22ClN3O2. The van der Waals surface area contributed by atoms with Crippen LogP contribution in [0.3, 0.4) is 0 Å². The quantitative estimate of drug-likeness (QED) is 0.809. The number of unbranched alkanes of at least 4 members (excludes halogenated alkanes) is 1. The second-order valence-corrected chi connectivity index (χ2v) is 6.68. The van der Waals surface area contributed by atoms with Crippen LogP contribution in [-0.4, -0.2) is 34.0 Å². The topological polar surface area (TPSA) is 59.2 Å². The Hall–Kier alpha value is -1.88. The summed E-state index contributed by atoms with van der Waals surface area (Å²) in [5.41, 5.74) is 0.876. The number of nitrogens with zero attached hydrogens (tertiary/aromatic N) is 3. The molecule has 1 aliphatic heterocycles. The molecule has 1 unspecified atom stereocenters. The summed E-state index contributed by atoms with van der Waals surface area (Å²) in [6, 6.07) is 7.36. The van der Waals surface area contributed by atoms with Crippen molar-refractivity contribution < 1.29 is 9.32 Å². The molecule has 5 nitrogen and oxygen atoms in total. The lowest BCUT2D eigenvalue weighted by Gasteiger charge is -2.31. The van der Waals surface area contributed by atoms with Crippen molar-refractivity contribution in [3.8, 4) is 11.4 Å². The zero-order valence-corrected chi connectivity index (χ0v) is 14.6. The number of benzene rings is 1. The number of carbonyl (C=O) groups is 1. The fraction of sp³-hybridized carbons (Fsp3) is 0.500. The number of piperidine rings is 1. The van der Waals surface area contributed by atoms with E-state index < -0.39 is 0 Å². The lowest BCUT2D eigenvalue weighted by Crippen LogP contribution is -2.39. The van der Waals surface area contributed by atoms with Gasteiger partial charge in [-0.2, -0.15) is 4.98 Å². The fourth-order valence-corrected chi connectivity index (χ4v) is 3.13. The third-order valence-corrected chi connectivity index (χ3v) is 4.66. The highest BCUT2D eigenvalue weighted by molar-refractivity contribution is 6.30. The summed E-state index contributed by atoms with van der Waals surface area (Å²) in [4.78, 5) is 18.7. The van der Waals surface area contributed by atoms with Gasteiger partial charge in [-0.3, -0.25) is 4.79 Å². The normalized spacial score (nSPS) is 17.9. The molecule has 1 atom stereocenters. The number of hydrogen-bond acceptors (Lipinski definition) is 4. The molecule has 1 aromatic carbocycles. The lowest BCUT2D eigenvalue weighted by molar-refractivity contribution is -0.132. The van der Waals surface area contributed by atoms with Crippen molar-refractivity contribution in [2.24, 2.45) is 0 Å². The molecule has 1 aliphatic rings. The van der Waals surface area contributed by atoms with E-state index >= 15 is 0 Å². The van der Waals surface area contributed by atoms with Gasteiger partial charge in [-0.05, 0) is 43.5 Å². The molecule has 0 spiro atoms. The number of aromatic nitrogens is 2. The molecule has 1 aromatic heterocycles. The first kappa shape index (κ1) is 17.0. The second-order valence-electron chi connectivity index (χ2n) is 6.25. The van der Waals surface area contributed by atoms with Crippen LogP contribution in [0.2, 0.25) is 5.02 Å². The van der Waals surface area contributed by atoms with Crippen molar-refractivity contribution in [1.82, 2.24) is 15.0 Å². The molecule has 24 heavy (non-hydrogen) atoms. The van der Waals surface area contributed by atoms with Gasteiger partial charge in [0.1, 0.15) is 0 Å². The molecule has 1 fully saturated rings. The number of amides is 1. The summed E-state index contributed by atoms with van der Waals surface area (Å²) in [7, 11) is 0. The minimum absolute atomic E-state index is 0.123. The maximum atomic E-state index is 12.2. The van der Waals surface area contributed by atoms with Crippen molar-refractivity contribution in [1.29, 1.82) is 0 Å². The van der Waals surface area contributed by atoms with Gasteiger partial charge in [-0.25, -0.2) is 0 Å². The number of halogens is 1. The predicted octanol–water partition coefficient (Wildman–Crippen LogP) is 4.29. The molecule has 3 rings (SSSR count). The van der Waals surface area contributed by atoms with Crippen molar-refractivity contribution in [2.75, 3.05) is 13.1 Å². The molecule has 0 radical (unpaired) electrons. The van der Waals surface area contributed by atoms with E-state index in [-0.39, 0.29) is 11.8 Å². The Morgan fingerprint density at radius 2 is 2.17 bits per heavy atom. The molecule has 6 heteroatoms. The highest BCUT2D eigenvalue weighted by atomic mass is 35.5. The summed E-state index contributed by atoms with van der Waals surface area (Å²) < 4.78 is 5.47. The van der Waals surface area contributed by atoms with E-state index in [4.69, 9.17) is 16.1 Å². The summed E-state index contributed by atoms with van der Waals surface area (Å²) in [5, 5.41) is 4.75. The average molecular weight is 348 g/mol. The Kier molecular flexibility index (Phi) is 5.51. The molecular weight excluding hydrogens is 326 g/mol. The van der Waals surface area contributed by atoms with Crippen LogP contribution in [0.25, 0.3) is 11.4 Å². The van der Waals surface area contributed by atoms with E-state index in [2.05, 4.69) is 17.1 Å². The average Bonchev–Trinajstić information content (AvgIpc) is 3.10. The Morgan fingerprint density at radius 1 is 1.38 bits per heavy atom. The first-order valence-electron chi connectivity index (χ1n) is 8.54. The van der Waals surface area contributed by atoms with Crippen molar-refractivity contribution >= 4 is 17.5 Å². The predicted molar refractivity (Wildman–Crippen MR) is 92.8 cm³/mol. The summed E-state index contributed by atoms with van der Waals surface area (Å²) in [6.07, 6.45) is 4.56. The molecule has 0 saturated carbocycles. The van der Waals surface area contributed by atoms with Crippen LogP contribution < -0.4 is 0 Å². The van der Waals surface area contributed by atoms with Gasteiger partial charge in [0, 0.05) is 30.1 Å². The number of rotatable bonds is 5. The summed E-state index contributed by atoms with van der Waals surface area (Å²) in [5.74, 6) is 1.54. The zero-order valence-electron chi connectivity index (χ0n) is 13.9. The van der Waals surface area contributed by atoms with Crippen LogP contribution in [0.1, 0.15) is 50.8 Å². The van der Waals surface area contributed by atoms with Crippen LogP contribution in [-0.2, 0) is 4.79 Å². The SMILES string of the molecule is CCCCC(=O)N1CCCC(c2nc(-c3ccc(Cl)cc3)no2)C1. The Morgan fingerprint density at radius 3 is 2.92 bits per heavy atom. The van der Waals surface area contributed by atoms with Crippen molar-refractivity contribution in [2.45, 2.75) is 44.9 Å². The highest BCUT2D eigenvalue weighted by Gasteiger charge is 2.28. The van der Waals surface area contributed by atoms with Crippen molar-refractivity contribution in [3.63, 3.8) is 0 Å². The fourth-order valence-electron chi connectivity index (χ4n) is 3.01. The van der Waals surface area contributed by atoms with Crippen LogP contribution >= 0.6 is 11.6 Å². The Balaban J connectivity index is 1.68. The Bertz CT molecular complexity index is 684. The molecule has 1 saturated heterocycles. The van der Waals surface area contributed by atoms with Gasteiger partial charge >= 0.3 is 0 Å². The maximum absolute atomic E-state index is 12.2. The van der Waals surface area contributed by atoms with E-state index in [1.807, 2.05) is 29.2 Å². The first-order chi connectivity index (χ1) is 11.7.